The highest BCUT2D eigenvalue weighted by molar-refractivity contribution is 7.85. The van der Waals surface area contributed by atoms with Crippen LogP contribution in [0.2, 0.25) is 0 Å². The topological polar surface area (TPSA) is 54.4 Å². The van der Waals surface area contributed by atoms with Gasteiger partial charge in [-0.2, -0.15) is 0 Å². The fraction of sp³-hybridized carbons (Fsp3) is 0.615. The highest BCUT2D eigenvalue weighted by Gasteiger charge is 2.24. The Hall–Kier alpha value is -0.680. The molecule has 1 aromatic heterocycles. The zero-order chi connectivity index (χ0) is 13.1. The fourth-order valence-corrected chi connectivity index (χ4v) is 5.26. The van der Waals surface area contributed by atoms with E-state index in [1.807, 2.05) is 0 Å². The number of carboxylic acids is 1. The summed E-state index contributed by atoms with van der Waals surface area (Å²) >= 11 is 1.24. The molecule has 1 fully saturated rings. The first-order valence-electron chi connectivity index (χ1n) is 6.25. The number of carbonyl (C=O) groups is 1. The normalized spacial score (nSPS) is 25.8. The first kappa shape index (κ1) is 13.7. The first-order chi connectivity index (χ1) is 8.56. The summed E-state index contributed by atoms with van der Waals surface area (Å²) in [6.07, 6.45) is 4.51. The molecule has 5 heteroatoms. The molecular formula is C13H18O3S2. The predicted molar refractivity (Wildman–Crippen MR) is 74.5 cm³/mol. The maximum absolute atomic E-state index is 12.3. The summed E-state index contributed by atoms with van der Waals surface area (Å²) in [5.41, 5.74) is 0. The van der Waals surface area contributed by atoms with Crippen molar-refractivity contribution in [1.82, 2.24) is 0 Å². The maximum Gasteiger partial charge on any atom is 0.345 e. The van der Waals surface area contributed by atoms with Gasteiger partial charge in [-0.05, 0) is 30.9 Å². The van der Waals surface area contributed by atoms with Gasteiger partial charge in [-0.15, -0.1) is 11.3 Å². The summed E-state index contributed by atoms with van der Waals surface area (Å²) in [4.78, 5) is 12.0. The van der Waals surface area contributed by atoms with E-state index in [2.05, 4.69) is 6.92 Å². The molecule has 0 spiro atoms. The van der Waals surface area contributed by atoms with Crippen molar-refractivity contribution in [1.29, 1.82) is 0 Å². The summed E-state index contributed by atoms with van der Waals surface area (Å²) in [5, 5.41) is 9.15. The van der Waals surface area contributed by atoms with Crippen molar-refractivity contribution < 1.29 is 14.1 Å². The van der Waals surface area contributed by atoms with Gasteiger partial charge in [0.25, 0.3) is 0 Å². The summed E-state index contributed by atoms with van der Waals surface area (Å²) in [6.45, 7) is 2.22. The van der Waals surface area contributed by atoms with Crippen LogP contribution in [-0.4, -0.2) is 20.5 Å². The summed E-state index contributed by atoms with van der Waals surface area (Å²) in [5.74, 6) is 0.281. The van der Waals surface area contributed by atoms with Crippen LogP contribution in [0, 0.1) is 5.92 Å². The van der Waals surface area contributed by atoms with E-state index in [1.54, 1.807) is 12.1 Å². The molecule has 1 aliphatic carbocycles. The molecule has 3 unspecified atom stereocenters. The molecule has 1 saturated carbocycles. The number of hydrogen-bond acceptors (Lipinski definition) is 3. The second kappa shape index (κ2) is 5.97. The van der Waals surface area contributed by atoms with Gasteiger partial charge in [0.15, 0.2) is 0 Å². The molecule has 0 amide bonds. The average molecular weight is 286 g/mol. The highest BCUT2D eigenvalue weighted by Crippen LogP contribution is 2.29. The molecular weight excluding hydrogens is 268 g/mol. The lowest BCUT2D eigenvalue weighted by Gasteiger charge is -2.25. The van der Waals surface area contributed by atoms with Gasteiger partial charge in [0.05, 0.1) is 5.75 Å². The lowest BCUT2D eigenvalue weighted by atomic mass is 9.91. The molecule has 0 aliphatic heterocycles. The van der Waals surface area contributed by atoms with Crippen molar-refractivity contribution in [3.63, 3.8) is 0 Å². The number of hydrogen-bond donors (Lipinski definition) is 1. The average Bonchev–Trinajstić information content (AvgIpc) is 2.77. The van der Waals surface area contributed by atoms with Crippen LogP contribution >= 0.6 is 11.3 Å². The smallest absolute Gasteiger partial charge is 0.345 e. The zero-order valence-corrected chi connectivity index (χ0v) is 12.1. The number of rotatable bonds is 4. The van der Waals surface area contributed by atoms with E-state index in [1.165, 1.54) is 24.2 Å². The Kier molecular flexibility index (Phi) is 4.56. The lowest BCUT2D eigenvalue weighted by Crippen LogP contribution is -2.23. The summed E-state index contributed by atoms with van der Waals surface area (Å²) < 4.78 is 12.3. The molecule has 18 heavy (non-hydrogen) atoms. The number of thiophene rings is 1. The quantitative estimate of drug-likeness (QED) is 0.924. The van der Waals surface area contributed by atoms with Crippen molar-refractivity contribution in [3.8, 4) is 0 Å². The predicted octanol–water partition coefficient (Wildman–Crippen LogP) is 3.27. The Morgan fingerprint density at radius 1 is 1.50 bits per heavy atom. The first-order valence-corrected chi connectivity index (χ1v) is 8.45. The van der Waals surface area contributed by atoms with Crippen molar-refractivity contribution in [2.45, 2.75) is 43.6 Å². The molecule has 100 valence electrons. The largest absolute Gasteiger partial charge is 0.477 e. The van der Waals surface area contributed by atoms with Crippen molar-refractivity contribution in [3.05, 3.63) is 21.9 Å². The second-order valence-electron chi connectivity index (χ2n) is 4.99. The van der Waals surface area contributed by atoms with E-state index in [9.17, 15) is 9.00 Å². The van der Waals surface area contributed by atoms with Crippen LogP contribution in [0.1, 0.15) is 47.2 Å². The molecule has 0 radical (unpaired) electrons. The van der Waals surface area contributed by atoms with Crippen LogP contribution in [0.4, 0.5) is 0 Å². The third-order valence-electron chi connectivity index (χ3n) is 3.42. The minimum absolute atomic E-state index is 0.295. The Balaban J connectivity index is 1.95. The van der Waals surface area contributed by atoms with E-state index in [0.717, 1.165) is 17.7 Å². The third-order valence-corrected chi connectivity index (χ3v) is 6.44. The van der Waals surface area contributed by atoms with Crippen molar-refractivity contribution in [2.75, 3.05) is 0 Å². The molecule has 3 atom stereocenters. The van der Waals surface area contributed by atoms with Gasteiger partial charge in [0, 0.05) is 20.9 Å². The van der Waals surface area contributed by atoms with Gasteiger partial charge in [0.2, 0.25) is 0 Å². The molecule has 0 saturated heterocycles. The number of aromatic carboxylic acids is 1. The molecule has 1 aliphatic rings. The van der Waals surface area contributed by atoms with E-state index in [4.69, 9.17) is 5.11 Å². The SMILES string of the molecule is CC1CCCC(S(=O)Cc2ccc(C(=O)O)s2)C1. The van der Waals surface area contributed by atoms with Crippen LogP contribution in [0.25, 0.3) is 0 Å². The van der Waals surface area contributed by atoms with Crippen LogP contribution in [0.3, 0.4) is 0 Å². The molecule has 2 rings (SSSR count). The monoisotopic (exact) mass is 286 g/mol. The third kappa shape index (κ3) is 3.42. The highest BCUT2D eigenvalue weighted by atomic mass is 32.2. The Labute approximate surface area is 114 Å². The second-order valence-corrected chi connectivity index (χ2v) is 7.88. The van der Waals surface area contributed by atoms with Crippen LogP contribution in [0.15, 0.2) is 12.1 Å². The zero-order valence-electron chi connectivity index (χ0n) is 10.4. The molecule has 0 bridgehead atoms. The molecule has 1 heterocycles. The minimum atomic E-state index is -0.900. The van der Waals surface area contributed by atoms with Crippen LogP contribution in [-0.2, 0) is 16.6 Å². The fourth-order valence-electron chi connectivity index (χ4n) is 2.45. The van der Waals surface area contributed by atoms with E-state index >= 15 is 0 Å². The summed E-state index contributed by atoms with van der Waals surface area (Å²) in [7, 11) is -0.861. The van der Waals surface area contributed by atoms with E-state index < -0.39 is 16.8 Å². The van der Waals surface area contributed by atoms with E-state index in [-0.39, 0.29) is 0 Å². The van der Waals surface area contributed by atoms with Gasteiger partial charge in [-0.1, -0.05) is 19.8 Å². The van der Waals surface area contributed by atoms with Gasteiger partial charge >= 0.3 is 5.97 Å². The maximum atomic E-state index is 12.3. The molecule has 3 nitrogen and oxygen atoms in total. The van der Waals surface area contributed by atoms with Gasteiger partial charge in [0.1, 0.15) is 4.88 Å². The Bertz CT molecular complexity index is 453. The van der Waals surface area contributed by atoms with Crippen molar-refractivity contribution in [2.24, 2.45) is 5.92 Å². The molecule has 1 N–H and O–H groups in total. The lowest BCUT2D eigenvalue weighted by molar-refractivity contribution is 0.0702. The van der Waals surface area contributed by atoms with Gasteiger partial charge in [-0.3, -0.25) is 4.21 Å². The molecule has 1 aromatic rings. The van der Waals surface area contributed by atoms with Crippen molar-refractivity contribution >= 4 is 28.1 Å². The van der Waals surface area contributed by atoms with Crippen LogP contribution in [0.5, 0.6) is 0 Å². The summed E-state index contributed by atoms with van der Waals surface area (Å²) in [6, 6.07) is 3.39. The Morgan fingerprint density at radius 3 is 2.89 bits per heavy atom. The van der Waals surface area contributed by atoms with Gasteiger partial charge < -0.3 is 5.11 Å². The molecule has 0 aromatic carbocycles. The standard InChI is InChI=1S/C13H18O3S2/c1-9-3-2-4-11(7-9)18(16)8-10-5-6-12(17-10)13(14)15/h5-6,9,11H,2-4,7-8H2,1H3,(H,14,15). The Morgan fingerprint density at radius 2 is 2.28 bits per heavy atom. The van der Waals surface area contributed by atoms with E-state index in [0.29, 0.717) is 21.8 Å². The minimum Gasteiger partial charge on any atom is -0.477 e. The van der Waals surface area contributed by atoms with Crippen LogP contribution < -0.4 is 0 Å². The number of carboxylic acid groups (broad SMARTS) is 1. The van der Waals surface area contributed by atoms with Gasteiger partial charge in [-0.25, -0.2) is 4.79 Å².